The van der Waals surface area contributed by atoms with Crippen molar-refractivity contribution in [2.45, 2.75) is 38.8 Å². The van der Waals surface area contributed by atoms with Gasteiger partial charge < -0.3 is 15.0 Å². The summed E-state index contributed by atoms with van der Waals surface area (Å²) in [6, 6.07) is 1.85. The van der Waals surface area contributed by atoms with Crippen molar-refractivity contribution in [3.05, 3.63) is 0 Å². The Hall–Kier alpha value is -1.28. The first-order valence-corrected chi connectivity index (χ1v) is 5.26. The maximum atomic E-state index is 11.5. The third-order valence-corrected chi connectivity index (χ3v) is 1.64. The highest BCUT2D eigenvalue weighted by Gasteiger charge is 2.19. The van der Waals surface area contributed by atoms with Gasteiger partial charge in [0.1, 0.15) is 5.60 Å². The van der Waals surface area contributed by atoms with Crippen molar-refractivity contribution in [3.8, 4) is 6.07 Å². The first-order chi connectivity index (χ1) is 7.24. The van der Waals surface area contributed by atoms with Gasteiger partial charge in [-0.05, 0) is 34.9 Å². The number of nitrogens with one attached hydrogen (secondary N) is 1. The maximum absolute atomic E-state index is 11.5. The molecular weight excluding hydrogens is 206 g/mol. The zero-order valence-electron chi connectivity index (χ0n) is 10.7. The molecule has 0 spiro atoms. The lowest BCUT2D eigenvalue weighted by Crippen LogP contribution is -2.43. The molecule has 5 heteroatoms. The molecule has 16 heavy (non-hydrogen) atoms. The van der Waals surface area contributed by atoms with Crippen LogP contribution in [0.1, 0.15) is 27.2 Å². The zero-order valence-corrected chi connectivity index (χ0v) is 10.7. The number of nitrogens with zero attached hydrogens (tertiary/aromatic N) is 2. The number of ether oxygens (including phenoxy) is 1. The number of carbonyl (C=O) groups is 1. The molecule has 0 radical (unpaired) electrons. The molecule has 0 bridgehead atoms. The second-order valence-electron chi connectivity index (χ2n) is 4.97. The van der Waals surface area contributed by atoms with Crippen molar-refractivity contribution in [2.24, 2.45) is 0 Å². The van der Waals surface area contributed by atoms with E-state index in [1.807, 2.05) is 25.1 Å². The van der Waals surface area contributed by atoms with E-state index >= 15 is 0 Å². The number of nitriles is 1. The third-order valence-electron chi connectivity index (χ3n) is 1.64. The minimum absolute atomic E-state index is 0.199. The van der Waals surface area contributed by atoms with Crippen LogP contribution in [0.2, 0.25) is 0 Å². The van der Waals surface area contributed by atoms with E-state index in [1.54, 1.807) is 20.8 Å². The van der Waals surface area contributed by atoms with E-state index < -0.39 is 11.7 Å². The summed E-state index contributed by atoms with van der Waals surface area (Å²) in [5, 5.41) is 11.3. The van der Waals surface area contributed by atoms with E-state index in [4.69, 9.17) is 10.00 Å². The highest BCUT2D eigenvalue weighted by molar-refractivity contribution is 5.68. The number of alkyl carbamates (subject to hydrolysis) is 1. The van der Waals surface area contributed by atoms with Crippen molar-refractivity contribution < 1.29 is 9.53 Å². The topological polar surface area (TPSA) is 65.4 Å². The van der Waals surface area contributed by atoms with Gasteiger partial charge in [0.25, 0.3) is 0 Å². The van der Waals surface area contributed by atoms with E-state index in [0.29, 0.717) is 6.54 Å². The van der Waals surface area contributed by atoms with Crippen molar-refractivity contribution in [1.82, 2.24) is 10.2 Å². The molecule has 0 aromatic rings. The Morgan fingerprint density at radius 2 is 2.06 bits per heavy atom. The molecule has 1 amide bonds. The molecule has 92 valence electrons. The van der Waals surface area contributed by atoms with Crippen molar-refractivity contribution >= 4 is 6.09 Å². The Kier molecular flexibility index (Phi) is 5.83. The number of hydrogen-bond acceptors (Lipinski definition) is 4. The lowest BCUT2D eigenvalue weighted by Gasteiger charge is -2.24. The first-order valence-electron chi connectivity index (χ1n) is 5.26. The van der Waals surface area contributed by atoms with Gasteiger partial charge in [-0.3, -0.25) is 0 Å². The summed E-state index contributed by atoms with van der Waals surface area (Å²) < 4.78 is 5.12. The molecule has 0 aliphatic rings. The molecule has 1 N–H and O–H groups in total. The van der Waals surface area contributed by atoms with Crippen LogP contribution in [0.25, 0.3) is 0 Å². The molecule has 0 heterocycles. The molecule has 0 rings (SSSR count). The van der Waals surface area contributed by atoms with Gasteiger partial charge in [-0.1, -0.05) is 0 Å². The van der Waals surface area contributed by atoms with Crippen molar-refractivity contribution in [3.63, 3.8) is 0 Å². The molecule has 0 unspecified atom stereocenters. The Morgan fingerprint density at radius 3 is 2.44 bits per heavy atom. The van der Waals surface area contributed by atoms with Crippen LogP contribution in [-0.2, 0) is 4.74 Å². The fraction of sp³-hybridized carbons (Fsp3) is 0.818. The van der Waals surface area contributed by atoms with Gasteiger partial charge in [0, 0.05) is 6.54 Å². The van der Waals surface area contributed by atoms with E-state index in [9.17, 15) is 4.79 Å². The lowest BCUT2D eigenvalue weighted by molar-refractivity contribution is 0.0498. The van der Waals surface area contributed by atoms with Gasteiger partial charge >= 0.3 is 6.09 Å². The van der Waals surface area contributed by atoms with Crippen molar-refractivity contribution in [1.29, 1.82) is 5.26 Å². The van der Waals surface area contributed by atoms with Crippen LogP contribution in [0.3, 0.4) is 0 Å². The SMILES string of the molecule is CN(C)C[C@H](CC#N)NC(=O)OC(C)(C)C. The standard InChI is InChI=1S/C11H21N3O2/c1-11(2,3)16-10(15)13-9(6-7-12)8-14(4)5/h9H,6,8H2,1-5H3,(H,13,15)/t9-/m0/s1. The molecule has 0 aromatic carbocycles. The summed E-state index contributed by atoms with van der Waals surface area (Å²) in [5.41, 5.74) is -0.514. The number of likely N-dealkylation sites (N-methyl/N-ethyl adjacent to an activating group) is 1. The third kappa shape index (κ3) is 8.06. The minimum Gasteiger partial charge on any atom is -0.444 e. The van der Waals surface area contributed by atoms with Gasteiger partial charge in [-0.15, -0.1) is 0 Å². The van der Waals surface area contributed by atoms with Gasteiger partial charge in [-0.2, -0.15) is 5.26 Å². The molecule has 0 aliphatic carbocycles. The van der Waals surface area contributed by atoms with Crippen LogP contribution in [0.4, 0.5) is 4.79 Å². The molecule has 0 saturated heterocycles. The van der Waals surface area contributed by atoms with Crippen LogP contribution < -0.4 is 5.32 Å². The minimum atomic E-state index is -0.514. The normalized spacial score (nSPS) is 13.1. The summed E-state index contributed by atoms with van der Waals surface area (Å²) in [6.07, 6.45) is -0.202. The molecule has 0 aromatic heterocycles. The van der Waals surface area contributed by atoms with E-state index in [2.05, 4.69) is 5.32 Å². The van der Waals surface area contributed by atoms with Crippen LogP contribution in [0, 0.1) is 11.3 Å². The monoisotopic (exact) mass is 227 g/mol. The highest BCUT2D eigenvalue weighted by atomic mass is 16.6. The Labute approximate surface area is 97.4 Å². The molecule has 0 saturated carbocycles. The summed E-state index contributed by atoms with van der Waals surface area (Å²) >= 11 is 0. The molecule has 5 nitrogen and oxygen atoms in total. The second-order valence-corrected chi connectivity index (χ2v) is 4.97. The van der Waals surface area contributed by atoms with Crippen molar-refractivity contribution in [2.75, 3.05) is 20.6 Å². The first kappa shape index (κ1) is 14.7. The smallest absolute Gasteiger partial charge is 0.407 e. The van der Waals surface area contributed by atoms with Gasteiger partial charge in [0.05, 0.1) is 18.5 Å². The predicted octanol–water partition coefficient (Wildman–Crippen LogP) is 1.35. The lowest BCUT2D eigenvalue weighted by atomic mass is 10.2. The summed E-state index contributed by atoms with van der Waals surface area (Å²) in [6.45, 7) is 6.03. The highest BCUT2D eigenvalue weighted by Crippen LogP contribution is 2.07. The quantitative estimate of drug-likeness (QED) is 0.787. The van der Waals surface area contributed by atoms with Gasteiger partial charge in [0.2, 0.25) is 0 Å². The molecule has 0 aliphatic heterocycles. The summed E-state index contributed by atoms with van der Waals surface area (Å²) in [7, 11) is 3.78. The fourth-order valence-electron chi connectivity index (χ4n) is 1.19. The number of hydrogen-bond donors (Lipinski definition) is 1. The zero-order chi connectivity index (χ0) is 12.8. The van der Waals surface area contributed by atoms with E-state index in [-0.39, 0.29) is 12.5 Å². The molecule has 1 atom stereocenters. The molecular formula is C11H21N3O2. The Bertz CT molecular complexity index is 263. The second kappa shape index (κ2) is 6.33. The number of rotatable bonds is 4. The van der Waals surface area contributed by atoms with Gasteiger partial charge in [0.15, 0.2) is 0 Å². The van der Waals surface area contributed by atoms with E-state index in [1.165, 1.54) is 0 Å². The van der Waals surface area contributed by atoms with Crippen LogP contribution in [0.15, 0.2) is 0 Å². The largest absolute Gasteiger partial charge is 0.444 e. The predicted molar refractivity (Wildman–Crippen MR) is 61.9 cm³/mol. The van der Waals surface area contributed by atoms with Crippen LogP contribution in [-0.4, -0.2) is 43.3 Å². The van der Waals surface area contributed by atoms with Gasteiger partial charge in [-0.25, -0.2) is 4.79 Å². The van der Waals surface area contributed by atoms with Crippen LogP contribution in [0.5, 0.6) is 0 Å². The van der Waals surface area contributed by atoms with E-state index in [0.717, 1.165) is 0 Å². The summed E-state index contributed by atoms with van der Waals surface area (Å²) in [5.74, 6) is 0. The molecule has 0 fully saturated rings. The van der Waals surface area contributed by atoms with Crippen LogP contribution >= 0.6 is 0 Å². The maximum Gasteiger partial charge on any atom is 0.407 e. The average Bonchev–Trinajstić information content (AvgIpc) is 1.98. The number of amides is 1. The fourth-order valence-corrected chi connectivity index (χ4v) is 1.19. The average molecular weight is 227 g/mol. The summed E-state index contributed by atoms with van der Waals surface area (Å²) in [4.78, 5) is 13.4. The Balaban J connectivity index is 4.19. The number of carbonyl (C=O) groups excluding carboxylic acids is 1. The Morgan fingerprint density at radius 1 is 1.50 bits per heavy atom.